The van der Waals surface area contributed by atoms with Crippen LogP contribution >= 0.6 is 0 Å². The number of carbonyl (C=O) groups is 1. The molecule has 1 heterocycles. The van der Waals surface area contributed by atoms with Gasteiger partial charge in [0.1, 0.15) is 0 Å². The highest BCUT2D eigenvalue weighted by Crippen LogP contribution is 2.30. The predicted octanol–water partition coefficient (Wildman–Crippen LogP) is 4.47. The highest BCUT2D eigenvalue weighted by atomic mass is 32.2. The Balaban J connectivity index is 1.94. The molecule has 0 atom stereocenters. The number of anilines is 2. The van der Waals surface area contributed by atoms with Gasteiger partial charge in [-0.15, -0.1) is 0 Å². The van der Waals surface area contributed by atoms with Crippen LogP contribution in [0.25, 0.3) is 0 Å². The van der Waals surface area contributed by atoms with Crippen molar-refractivity contribution in [2.24, 2.45) is 0 Å². The van der Waals surface area contributed by atoms with Crippen LogP contribution < -0.4 is 9.62 Å². The number of nitrogens with one attached hydrogen (secondary N) is 1. The van der Waals surface area contributed by atoms with Gasteiger partial charge in [-0.2, -0.15) is 0 Å². The standard InChI is InChI=1S/C23H33N3O4S/c1-4-15-31(28,29)24-19-12-13-21(25(2)3)18(16-19)17-26(20-9-6-5-7-10-20)23(27)22-11-8-14-30-22/h8,11-14,16,20,24H,4-7,9-10,15,17H2,1-3H3. The molecule has 1 aromatic carbocycles. The summed E-state index contributed by atoms with van der Waals surface area (Å²) >= 11 is 0. The van der Waals surface area contributed by atoms with Gasteiger partial charge in [0.05, 0.1) is 12.0 Å². The van der Waals surface area contributed by atoms with Gasteiger partial charge in [-0.1, -0.05) is 26.2 Å². The minimum absolute atomic E-state index is 0.0724. The van der Waals surface area contributed by atoms with Crippen molar-refractivity contribution in [3.63, 3.8) is 0 Å². The lowest BCUT2D eigenvalue weighted by molar-refractivity contribution is 0.0582. The zero-order chi connectivity index (χ0) is 22.4. The topological polar surface area (TPSA) is 82.9 Å². The number of furan rings is 1. The molecule has 1 N–H and O–H groups in total. The molecule has 0 saturated heterocycles. The second kappa shape index (κ2) is 10.2. The van der Waals surface area contributed by atoms with Gasteiger partial charge in [-0.25, -0.2) is 8.42 Å². The third-order valence-corrected chi connectivity index (χ3v) is 7.15. The van der Waals surface area contributed by atoms with Crippen molar-refractivity contribution in [1.29, 1.82) is 0 Å². The summed E-state index contributed by atoms with van der Waals surface area (Å²) in [4.78, 5) is 17.2. The number of rotatable bonds is 9. The van der Waals surface area contributed by atoms with Crippen molar-refractivity contribution in [3.05, 3.63) is 47.9 Å². The SMILES string of the molecule is CCCS(=O)(=O)Nc1ccc(N(C)C)c(CN(C(=O)c2ccco2)C2CCCCC2)c1. The number of benzene rings is 1. The molecule has 0 spiro atoms. The molecule has 8 heteroatoms. The molecular formula is C23H33N3O4S. The van der Waals surface area contributed by atoms with Crippen LogP contribution in [0.2, 0.25) is 0 Å². The number of hydrogen-bond donors (Lipinski definition) is 1. The first-order valence-corrected chi connectivity index (χ1v) is 12.6. The molecule has 1 saturated carbocycles. The number of sulfonamides is 1. The van der Waals surface area contributed by atoms with Crippen molar-refractivity contribution in [1.82, 2.24) is 4.90 Å². The zero-order valence-electron chi connectivity index (χ0n) is 18.6. The fraction of sp³-hybridized carbons (Fsp3) is 0.522. The summed E-state index contributed by atoms with van der Waals surface area (Å²) < 4.78 is 32.6. The lowest BCUT2D eigenvalue weighted by Gasteiger charge is -2.35. The largest absolute Gasteiger partial charge is 0.459 e. The Morgan fingerprint density at radius 3 is 2.52 bits per heavy atom. The first kappa shape index (κ1) is 23.2. The van der Waals surface area contributed by atoms with Crippen LogP contribution in [-0.2, 0) is 16.6 Å². The average molecular weight is 448 g/mol. The normalized spacial score (nSPS) is 14.9. The Morgan fingerprint density at radius 2 is 1.90 bits per heavy atom. The second-order valence-electron chi connectivity index (χ2n) is 8.36. The quantitative estimate of drug-likeness (QED) is 0.613. The molecular weight excluding hydrogens is 414 g/mol. The van der Waals surface area contributed by atoms with Gasteiger partial charge >= 0.3 is 0 Å². The van der Waals surface area contributed by atoms with Crippen LogP contribution in [0.4, 0.5) is 11.4 Å². The van der Waals surface area contributed by atoms with Crippen molar-refractivity contribution in [3.8, 4) is 0 Å². The van der Waals surface area contributed by atoms with Crippen molar-refractivity contribution < 1.29 is 17.6 Å². The van der Waals surface area contributed by atoms with Crippen molar-refractivity contribution in [2.75, 3.05) is 29.5 Å². The molecule has 31 heavy (non-hydrogen) atoms. The zero-order valence-corrected chi connectivity index (χ0v) is 19.5. The summed E-state index contributed by atoms with van der Waals surface area (Å²) in [6.45, 7) is 2.23. The van der Waals surface area contributed by atoms with Gasteiger partial charge in [0.25, 0.3) is 5.91 Å². The minimum Gasteiger partial charge on any atom is -0.459 e. The summed E-state index contributed by atoms with van der Waals surface area (Å²) in [5.41, 5.74) is 2.36. The maximum absolute atomic E-state index is 13.3. The summed E-state index contributed by atoms with van der Waals surface area (Å²) in [6.07, 6.45) is 7.38. The van der Waals surface area contributed by atoms with Gasteiger partial charge in [0, 0.05) is 38.1 Å². The number of amides is 1. The first-order chi connectivity index (χ1) is 14.8. The van der Waals surface area contributed by atoms with E-state index in [9.17, 15) is 13.2 Å². The molecule has 0 radical (unpaired) electrons. The molecule has 1 amide bonds. The average Bonchev–Trinajstić information content (AvgIpc) is 3.26. The van der Waals surface area contributed by atoms with Crippen LogP contribution in [0.1, 0.15) is 61.6 Å². The van der Waals surface area contributed by atoms with E-state index in [4.69, 9.17) is 4.42 Å². The van der Waals surface area contributed by atoms with Crippen LogP contribution in [0.15, 0.2) is 41.0 Å². The molecule has 1 fully saturated rings. The Bertz CT molecular complexity index is 965. The molecule has 1 aliphatic rings. The van der Waals surface area contributed by atoms with Crippen LogP contribution in [-0.4, -0.2) is 45.1 Å². The molecule has 3 rings (SSSR count). The molecule has 0 unspecified atom stereocenters. The van der Waals surface area contributed by atoms with Gasteiger partial charge in [0.15, 0.2) is 5.76 Å². The van der Waals surface area contributed by atoms with Crippen LogP contribution in [0, 0.1) is 0 Å². The van der Waals surface area contributed by atoms with Crippen LogP contribution in [0.5, 0.6) is 0 Å². The van der Waals surface area contributed by atoms with E-state index in [0.29, 0.717) is 24.4 Å². The van der Waals surface area contributed by atoms with Gasteiger partial charge in [-0.05, 0) is 55.2 Å². The molecule has 1 aromatic heterocycles. The Morgan fingerprint density at radius 1 is 1.16 bits per heavy atom. The Labute approximate surface area is 185 Å². The van der Waals surface area contributed by atoms with Gasteiger partial charge < -0.3 is 14.2 Å². The minimum atomic E-state index is -3.39. The second-order valence-corrected chi connectivity index (χ2v) is 10.2. The molecule has 0 bridgehead atoms. The van der Waals surface area contributed by atoms with E-state index in [1.807, 2.05) is 43.0 Å². The van der Waals surface area contributed by atoms with E-state index < -0.39 is 10.0 Å². The Hall–Kier alpha value is -2.48. The highest BCUT2D eigenvalue weighted by Gasteiger charge is 2.29. The van der Waals surface area contributed by atoms with Crippen molar-refractivity contribution in [2.45, 2.75) is 58.0 Å². The summed E-state index contributed by atoms with van der Waals surface area (Å²) in [5, 5.41) is 0. The van der Waals surface area contributed by atoms with Crippen molar-refractivity contribution >= 4 is 27.3 Å². The summed E-state index contributed by atoms with van der Waals surface area (Å²) in [5.74, 6) is 0.276. The van der Waals surface area contributed by atoms with E-state index in [-0.39, 0.29) is 17.7 Å². The molecule has 170 valence electrons. The maximum Gasteiger partial charge on any atom is 0.290 e. The maximum atomic E-state index is 13.3. The monoisotopic (exact) mass is 447 g/mol. The van der Waals surface area contributed by atoms with Gasteiger partial charge in [0.2, 0.25) is 10.0 Å². The van der Waals surface area contributed by atoms with E-state index in [1.54, 1.807) is 18.2 Å². The fourth-order valence-corrected chi connectivity index (χ4v) is 5.32. The third kappa shape index (κ3) is 6.03. The van der Waals surface area contributed by atoms with Gasteiger partial charge in [-0.3, -0.25) is 9.52 Å². The lowest BCUT2D eigenvalue weighted by Crippen LogP contribution is -2.41. The molecule has 2 aromatic rings. The summed E-state index contributed by atoms with van der Waals surface area (Å²) in [7, 11) is 0.493. The fourth-order valence-electron chi connectivity index (χ4n) is 4.20. The summed E-state index contributed by atoms with van der Waals surface area (Å²) in [6, 6.07) is 9.07. The third-order valence-electron chi connectivity index (χ3n) is 5.66. The first-order valence-electron chi connectivity index (χ1n) is 11.0. The lowest BCUT2D eigenvalue weighted by atomic mass is 9.93. The smallest absolute Gasteiger partial charge is 0.290 e. The molecule has 7 nitrogen and oxygen atoms in total. The van der Waals surface area contributed by atoms with E-state index >= 15 is 0 Å². The van der Waals surface area contributed by atoms with E-state index in [0.717, 1.165) is 36.9 Å². The molecule has 0 aliphatic heterocycles. The predicted molar refractivity (Wildman–Crippen MR) is 124 cm³/mol. The number of nitrogens with zero attached hydrogens (tertiary/aromatic N) is 2. The highest BCUT2D eigenvalue weighted by molar-refractivity contribution is 7.92. The van der Waals surface area contributed by atoms with Crippen LogP contribution in [0.3, 0.4) is 0 Å². The number of carbonyl (C=O) groups excluding carboxylic acids is 1. The number of hydrogen-bond acceptors (Lipinski definition) is 5. The van der Waals surface area contributed by atoms with E-state index in [1.165, 1.54) is 12.7 Å². The van der Waals surface area contributed by atoms with E-state index in [2.05, 4.69) is 4.72 Å². The molecule has 1 aliphatic carbocycles. The Kier molecular flexibility index (Phi) is 7.64.